The van der Waals surface area contributed by atoms with Gasteiger partial charge in [0, 0.05) is 0 Å². The SMILES string of the molecule is CCCCCCCCCCCCCCCCCCn1cc[n+](CCCCCCCCCCCCCCCCCC)c1-c1ccccc1. The lowest BCUT2D eigenvalue weighted by atomic mass is 10.0. The molecule has 0 bridgehead atoms. The monoisotopic (exact) mass is 650 g/mol. The van der Waals surface area contributed by atoms with E-state index in [2.05, 4.69) is 65.7 Å². The van der Waals surface area contributed by atoms with Crippen molar-refractivity contribution in [3.63, 3.8) is 0 Å². The van der Waals surface area contributed by atoms with Gasteiger partial charge in [-0.1, -0.05) is 212 Å². The van der Waals surface area contributed by atoms with Gasteiger partial charge in [-0.15, -0.1) is 0 Å². The third-order valence-corrected chi connectivity index (χ3v) is 10.5. The van der Waals surface area contributed by atoms with Crippen LogP contribution in [0.15, 0.2) is 42.7 Å². The zero-order valence-electron chi connectivity index (χ0n) is 32.0. The van der Waals surface area contributed by atoms with Crippen LogP contribution in [-0.2, 0) is 13.1 Å². The van der Waals surface area contributed by atoms with Gasteiger partial charge in [0.25, 0.3) is 5.82 Å². The van der Waals surface area contributed by atoms with E-state index >= 15 is 0 Å². The van der Waals surface area contributed by atoms with Crippen LogP contribution in [0.3, 0.4) is 0 Å². The van der Waals surface area contributed by atoms with E-state index in [1.165, 1.54) is 217 Å². The van der Waals surface area contributed by atoms with Crippen LogP contribution in [0.4, 0.5) is 0 Å². The Hall–Kier alpha value is -1.57. The van der Waals surface area contributed by atoms with E-state index in [-0.39, 0.29) is 0 Å². The molecule has 2 nitrogen and oxygen atoms in total. The summed E-state index contributed by atoms with van der Waals surface area (Å²) in [5.74, 6) is 1.41. The molecule has 47 heavy (non-hydrogen) atoms. The fourth-order valence-corrected chi connectivity index (χ4v) is 7.41. The lowest BCUT2D eigenvalue weighted by molar-refractivity contribution is -0.686. The Balaban J connectivity index is 1.50. The average molecular weight is 650 g/mol. The summed E-state index contributed by atoms with van der Waals surface area (Å²) >= 11 is 0. The van der Waals surface area contributed by atoms with Crippen molar-refractivity contribution in [1.29, 1.82) is 0 Å². The van der Waals surface area contributed by atoms with E-state index in [0.29, 0.717) is 0 Å². The molecule has 0 N–H and O–H groups in total. The third-order valence-electron chi connectivity index (χ3n) is 10.5. The van der Waals surface area contributed by atoms with Gasteiger partial charge in [-0.2, -0.15) is 0 Å². The zero-order valence-corrected chi connectivity index (χ0v) is 32.0. The summed E-state index contributed by atoms with van der Waals surface area (Å²) in [6.07, 6.45) is 50.5. The van der Waals surface area contributed by atoms with Crippen molar-refractivity contribution >= 4 is 0 Å². The Morgan fingerprint density at radius 3 is 1.13 bits per heavy atom. The molecule has 0 atom stereocenters. The standard InChI is InChI=1S/C45H81N2/c1-3-5-7-9-11-13-15-17-19-21-23-25-27-29-31-36-40-46-42-43-47(45(46)44-38-34-33-35-39-44)41-37-32-30-28-26-24-22-20-18-16-14-12-10-8-6-4-2/h33-35,38-39,42-43H,3-32,36-37,40-41H2,1-2H3/q+1. The fraction of sp³-hybridized carbons (Fsp3) is 0.800. The van der Waals surface area contributed by atoms with Crippen LogP contribution in [0.25, 0.3) is 11.4 Å². The van der Waals surface area contributed by atoms with Crippen LogP contribution >= 0.6 is 0 Å². The first-order valence-corrected chi connectivity index (χ1v) is 21.5. The van der Waals surface area contributed by atoms with Crippen LogP contribution in [0.5, 0.6) is 0 Å². The summed E-state index contributed by atoms with van der Waals surface area (Å²) in [7, 11) is 0. The molecule has 1 aromatic carbocycles. The first-order chi connectivity index (χ1) is 23.4. The number of hydrogen-bond acceptors (Lipinski definition) is 0. The highest BCUT2D eigenvalue weighted by Gasteiger charge is 2.18. The highest BCUT2D eigenvalue weighted by molar-refractivity contribution is 5.52. The molecule has 0 radical (unpaired) electrons. The van der Waals surface area contributed by atoms with E-state index in [1.54, 1.807) is 0 Å². The van der Waals surface area contributed by atoms with Gasteiger partial charge < -0.3 is 0 Å². The van der Waals surface area contributed by atoms with Gasteiger partial charge in [-0.3, -0.25) is 0 Å². The number of aromatic nitrogens is 2. The summed E-state index contributed by atoms with van der Waals surface area (Å²) in [5, 5.41) is 0. The van der Waals surface area contributed by atoms with Gasteiger partial charge in [0.15, 0.2) is 0 Å². The van der Waals surface area contributed by atoms with Crippen molar-refractivity contribution in [1.82, 2.24) is 4.57 Å². The minimum atomic E-state index is 1.15. The van der Waals surface area contributed by atoms with Crippen LogP contribution in [-0.4, -0.2) is 4.57 Å². The smallest absolute Gasteiger partial charge is 0.230 e. The number of unbranched alkanes of at least 4 members (excludes halogenated alkanes) is 30. The van der Waals surface area contributed by atoms with Crippen LogP contribution < -0.4 is 4.57 Å². The number of hydrogen-bond donors (Lipinski definition) is 0. The Bertz CT molecular complexity index is 846. The fourth-order valence-electron chi connectivity index (χ4n) is 7.41. The first kappa shape index (κ1) is 41.6. The maximum absolute atomic E-state index is 2.53. The van der Waals surface area contributed by atoms with Gasteiger partial charge in [0.05, 0.1) is 18.7 Å². The van der Waals surface area contributed by atoms with Gasteiger partial charge in [0.2, 0.25) is 0 Å². The molecule has 0 aliphatic heterocycles. The van der Waals surface area contributed by atoms with E-state index in [4.69, 9.17) is 0 Å². The largest absolute Gasteiger partial charge is 0.288 e. The van der Waals surface area contributed by atoms with Gasteiger partial charge in [0.1, 0.15) is 12.4 Å². The Morgan fingerprint density at radius 2 is 0.745 bits per heavy atom. The number of rotatable bonds is 35. The maximum Gasteiger partial charge on any atom is 0.288 e. The van der Waals surface area contributed by atoms with E-state index < -0.39 is 0 Å². The zero-order chi connectivity index (χ0) is 33.3. The summed E-state index contributed by atoms with van der Waals surface area (Å²) < 4.78 is 5.07. The minimum Gasteiger partial charge on any atom is -0.230 e. The molecular formula is C45H81N2+. The molecular weight excluding hydrogens is 569 g/mol. The summed E-state index contributed by atoms with van der Waals surface area (Å²) in [4.78, 5) is 0. The molecule has 0 fully saturated rings. The third kappa shape index (κ3) is 22.6. The number of benzene rings is 1. The molecule has 0 saturated carbocycles. The van der Waals surface area contributed by atoms with Gasteiger partial charge in [-0.25, -0.2) is 9.13 Å². The van der Waals surface area contributed by atoms with E-state index in [0.717, 1.165) is 13.1 Å². The molecule has 0 amide bonds. The second-order valence-electron chi connectivity index (χ2n) is 15.0. The maximum atomic E-state index is 2.53. The lowest BCUT2D eigenvalue weighted by Gasteiger charge is -2.07. The van der Waals surface area contributed by atoms with Crippen molar-refractivity contribution in [2.24, 2.45) is 0 Å². The molecule has 0 aliphatic carbocycles. The number of nitrogens with zero attached hydrogens (tertiary/aromatic N) is 2. The van der Waals surface area contributed by atoms with Gasteiger partial charge >= 0.3 is 0 Å². The normalized spacial score (nSPS) is 11.5. The molecule has 0 unspecified atom stereocenters. The van der Waals surface area contributed by atoms with E-state index in [9.17, 15) is 0 Å². The van der Waals surface area contributed by atoms with Crippen molar-refractivity contribution in [3.05, 3.63) is 42.7 Å². The van der Waals surface area contributed by atoms with Crippen LogP contribution in [0.2, 0.25) is 0 Å². The van der Waals surface area contributed by atoms with E-state index in [1.807, 2.05) is 0 Å². The predicted octanol–water partition coefficient (Wildman–Crippen LogP) is 15.0. The highest BCUT2D eigenvalue weighted by atomic mass is 15.1. The molecule has 1 aromatic heterocycles. The Labute approximate surface area is 294 Å². The minimum absolute atomic E-state index is 1.15. The Morgan fingerprint density at radius 1 is 0.404 bits per heavy atom. The molecule has 0 spiro atoms. The molecule has 2 heteroatoms. The van der Waals surface area contributed by atoms with Crippen molar-refractivity contribution < 1.29 is 4.57 Å². The average Bonchev–Trinajstić information content (AvgIpc) is 3.50. The van der Waals surface area contributed by atoms with Crippen molar-refractivity contribution in [3.8, 4) is 11.4 Å². The lowest BCUT2D eigenvalue weighted by Crippen LogP contribution is -2.34. The second kappa shape index (κ2) is 31.7. The Kier molecular flexibility index (Phi) is 28.0. The molecule has 2 aromatic rings. The molecule has 0 aliphatic rings. The molecule has 1 heterocycles. The second-order valence-corrected chi connectivity index (χ2v) is 15.0. The molecule has 2 rings (SSSR count). The van der Waals surface area contributed by atoms with Crippen LogP contribution in [0.1, 0.15) is 219 Å². The number of imidazole rings is 1. The quantitative estimate of drug-likeness (QED) is 0.0519. The predicted molar refractivity (Wildman–Crippen MR) is 209 cm³/mol. The van der Waals surface area contributed by atoms with Crippen LogP contribution in [0, 0.1) is 0 Å². The van der Waals surface area contributed by atoms with Gasteiger partial charge in [-0.05, 0) is 37.8 Å². The topological polar surface area (TPSA) is 8.81 Å². The summed E-state index contributed by atoms with van der Waals surface area (Å²) in [6, 6.07) is 11.1. The number of aryl methyl sites for hydroxylation is 2. The van der Waals surface area contributed by atoms with Crippen molar-refractivity contribution in [2.75, 3.05) is 0 Å². The molecule has 0 saturated heterocycles. The van der Waals surface area contributed by atoms with Crippen molar-refractivity contribution in [2.45, 2.75) is 232 Å². The highest BCUT2D eigenvalue weighted by Crippen LogP contribution is 2.19. The first-order valence-electron chi connectivity index (χ1n) is 21.5. The molecule has 270 valence electrons. The summed E-state index contributed by atoms with van der Waals surface area (Å²) in [6.45, 7) is 6.91. The summed E-state index contributed by atoms with van der Waals surface area (Å²) in [5.41, 5.74) is 1.37.